The predicted octanol–water partition coefficient (Wildman–Crippen LogP) is 3.38. The van der Waals surface area contributed by atoms with Gasteiger partial charge in [-0.2, -0.15) is 8.78 Å². The molecule has 0 N–H and O–H groups in total. The van der Waals surface area contributed by atoms with E-state index in [1.807, 2.05) is 26.0 Å². The summed E-state index contributed by atoms with van der Waals surface area (Å²) < 4.78 is 26.9. The van der Waals surface area contributed by atoms with Crippen molar-refractivity contribution in [2.75, 3.05) is 11.9 Å². The van der Waals surface area contributed by atoms with E-state index in [1.54, 1.807) is 24.3 Å². The van der Waals surface area contributed by atoms with E-state index in [-0.39, 0.29) is 12.4 Å². The van der Waals surface area contributed by atoms with Crippen LogP contribution in [0.3, 0.4) is 0 Å². The molecule has 0 amide bonds. The van der Waals surface area contributed by atoms with Gasteiger partial charge in [0, 0.05) is 48.7 Å². The summed E-state index contributed by atoms with van der Waals surface area (Å²) in [4.78, 5) is 19.0. The molecule has 0 saturated carbocycles. The molecule has 0 unspecified atom stereocenters. The predicted molar refractivity (Wildman–Crippen MR) is 90.3 cm³/mol. The van der Waals surface area contributed by atoms with Crippen molar-refractivity contribution in [2.24, 2.45) is 0 Å². The molecule has 3 heterocycles. The maximum atomic E-state index is 13.0. The van der Waals surface area contributed by atoms with Gasteiger partial charge in [0.05, 0.1) is 6.54 Å². The van der Waals surface area contributed by atoms with Gasteiger partial charge in [0.1, 0.15) is 11.6 Å². The molecule has 0 spiro atoms. The van der Waals surface area contributed by atoms with E-state index in [9.17, 15) is 8.78 Å². The Morgan fingerprint density at radius 3 is 2.68 bits per heavy atom. The molecule has 0 bridgehead atoms. The third-order valence-corrected chi connectivity index (χ3v) is 3.98. The second kappa shape index (κ2) is 6.92. The first-order chi connectivity index (χ1) is 12.0. The van der Waals surface area contributed by atoms with E-state index in [4.69, 9.17) is 0 Å². The lowest BCUT2D eigenvalue weighted by molar-refractivity contribution is 0.0670. The maximum absolute atomic E-state index is 13.0. The van der Waals surface area contributed by atoms with Gasteiger partial charge in [0.15, 0.2) is 5.82 Å². The molecule has 0 atom stereocenters. The largest absolute Gasteiger partial charge is 0.352 e. The van der Waals surface area contributed by atoms with Crippen LogP contribution in [0.1, 0.15) is 23.6 Å². The summed E-state index contributed by atoms with van der Waals surface area (Å²) in [6, 6.07) is 3.70. The van der Waals surface area contributed by atoms with Crippen LogP contribution < -0.4 is 4.90 Å². The lowest BCUT2D eigenvalue weighted by Gasteiger charge is -2.22. The Hall–Kier alpha value is -2.90. The maximum Gasteiger partial charge on any atom is 0.319 e. The molecule has 3 aromatic rings. The first kappa shape index (κ1) is 16.9. The zero-order valence-electron chi connectivity index (χ0n) is 14.2. The number of anilines is 1. The summed E-state index contributed by atoms with van der Waals surface area (Å²) >= 11 is 0. The van der Waals surface area contributed by atoms with Gasteiger partial charge in [-0.25, -0.2) is 15.0 Å². The SMILES string of the molecule is Cc1nc(-c2cccnc2)nc(N(C)Cc2nccn2C(F)F)c1C. The number of aryl methyl sites for hydroxylation is 1. The molecule has 3 rings (SSSR count). The number of hydrogen-bond donors (Lipinski definition) is 0. The van der Waals surface area contributed by atoms with Gasteiger partial charge in [-0.3, -0.25) is 9.55 Å². The van der Waals surface area contributed by atoms with Crippen molar-refractivity contribution in [2.45, 2.75) is 26.9 Å². The number of hydrogen-bond acceptors (Lipinski definition) is 5. The van der Waals surface area contributed by atoms with Crippen molar-refractivity contribution < 1.29 is 8.78 Å². The number of nitrogens with zero attached hydrogens (tertiary/aromatic N) is 6. The molecule has 6 nitrogen and oxygen atoms in total. The fraction of sp³-hybridized carbons (Fsp3) is 0.294. The normalized spacial score (nSPS) is 11.1. The summed E-state index contributed by atoms with van der Waals surface area (Å²) in [6.07, 6.45) is 6.01. The van der Waals surface area contributed by atoms with Crippen LogP contribution in [-0.4, -0.2) is 31.6 Å². The summed E-state index contributed by atoms with van der Waals surface area (Å²) in [5.74, 6) is 1.50. The van der Waals surface area contributed by atoms with Crippen molar-refractivity contribution in [3.63, 3.8) is 0 Å². The molecule has 3 aromatic heterocycles. The molecule has 0 fully saturated rings. The highest BCUT2D eigenvalue weighted by atomic mass is 19.3. The first-order valence-electron chi connectivity index (χ1n) is 7.74. The number of imidazole rings is 1. The van der Waals surface area contributed by atoms with E-state index < -0.39 is 6.55 Å². The lowest BCUT2D eigenvalue weighted by Crippen LogP contribution is -2.22. The van der Waals surface area contributed by atoms with Crippen LogP contribution in [0.15, 0.2) is 36.9 Å². The third kappa shape index (κ3) is 3.47. The topological polar surface area (TPSA) is 59.7 Å². The smallest absolute Gasteiger partial charge is 0.319 e. The highest BCUT2D eigenvalue weighted by Crippen LogP contribution is 2.25. The second-order valence-electron chi connectivity index (χ2n) is 5.71. The third-order valence-electron chi connectivity index (χ3n) is 3.98. The van der Waals surface area contributed by atoms with Crippen LogP contribution in [0.5, 0.6) is 0 Å². The van der Waals surface area contributed by atoms with Gasteiger partial charge in [0.2, 0.25) is 0 Å². The average molecular weight is 344 g/mol. The summed E-state index contributed by atoms with van der Waals surface area (Å²) in [5, 5.41) is 0. The number of pyridine rings is 1. The van der Waals surface area contributed by atoms with Gasteiger partial charge >= 0.3 is 6.55 Å². The molecule has 0 aliphatic heterocycles. The van der Waals surface area contributed by atoms with Crippen molar-refractivity contribution in [1.29, 1.82) is 0 Å². The van der Waals surface area contributed by atoms with Crippen LogP contribution in [0.2, 0.25) is 0 Å². The standard InChI is InChI=1S/C17H18F2N6/c1-11-12(2)22-15(13-5-4-6-20-9-13)23-16(11)24(3)10-14-21-7-8-25(14)17(18)19/h4-9,17H,10H2,1-3H3. The van der Waals surface area contributed by atoms with Crippen molar-refractivity contribution in [1.82, 2.24) is 24.5 Å². The zero-order valence-corrected chi connectivity index (χ0v) is 14.2. The molecule has 0 aromatic carbocycles. The summed E-state index contributed by atoms with van der Waals surface area (Å²) in [6.45, 7) is 1.40. The zero-order chi connectivity index (χ0) is 18.0. The average Bonchev–Trinajstić information content (AvgIpc) is 3.06. The quantitative estimate of drug-likeness (QED) is 0.710. The van der Waals surface area contributed by atoms with E-state index in [0.717, 1.165) is 21.4 Å². The van der Waals surface area contributed by atoms with Crippen LogP contribution in [-0.2, 0) is 6.54 Å². The molecular formula is C17H18F2N6. The van der Waals surface area contributed by atoms with Crippen LogP contribution in [0.25, 0.3) is 11.4 Å². The fourth-order valence-electron chi connectivity index (χ4n) is 2.54. The Kier molecular flexibility index (Phi) is 4.69. The van der Waals surface area contributed by atoms with Crippen molar-refractivity contribution in [3.8, 4) is 11.4 Å². The van der Waals surface area contributed by atoms with Crippen LogP contribution in [0, 0.1) is 13.8 Å². The molecule has 0 saturated heterocycles. The fourth-order valence-corrected chi connectivity index (χ4v) is 2.54. The van der Waals surface area contributed by atoms with Gasteiger partial charge in [-0.05, 0) is 26.0 Å². The highest BCUT2D eigenvalue weighted by molar-refractivity contribution is 5.59. The first-order valence-corrected chi connectivity index (χ1v) is 7.74. The molecule has 0 radical (unpaired) electrons. The molecule has 0 aliphatic carbocycles. The minimum absolute atomic E-state index is 0.209. The monoisotopic (exact) mass is 344 g/mol. The minimum Gasteiger partial charge on any atom is -0.352 e. The van der Waals surface area contributed by atoms with Gasteiger partial charge in [-0.15, -0.1) is 0 Å². The van der Waals surface area contributed by atoms with Crippen molar-refractivity contribution >= 4 is 5.82 Å². The number of rotatable bonds is 5. The Morgan fingerprint density at radius 2 is 2.00 bits per heavy atom. The Labute approximate surface area is 144 Å². The summed E-state index contributed by atoms with van der Waals surface area (Å²) in [5.41, 5.74) is 2.52. The van der Waals surface area contributed by atoms with E-state index >= 15 is 0 Å². The van der Waals surface area contributed by atoms with Gasteiger partial charge in [0.25, 0.3) is 0 Å². The van der Waals surface area contributed by atoms with Crippen LogP contribution in [0.4, 0.5) is 14.6 Å². The molecular weight excluding hydrogens is 326 g/mol. The van der Waals surface area contributed by atoms with Crippen molar-refractivity contribution in [3.05, 3.63) is 54.0 Å². The molecule has 25 heavy (non-hydrogen) atoms. The number of aromatic nitrogens is 5. The van der Waals surface area contributed by atoms with E-state index in [2.05, 4.69) is 19.9 Å². The van der Waals surface area contributed by atoms with Gasteiger partial charge in [-0.1, -0.05) is 0 Å². The van der Waals surface area contributed by atoms with E-state index in [1.165, 1.54) is 12.4 Å². The lowest BCUT2D eigenvalue weighted by atomic mass is 10.2. The Morgan fingerprint density at radius 1 is 1.20 bits per heavy atom. The molecule has 130 valence electrons. The van der Waals surface area contributed by atoms with Gasteiger partial charge < -0.3 is 4.90 Å². The van der Waals surface area contributed by atoms with E-state index in [0.29, 0.717) is 11.6 Å². The highest BCUT2D eigenvalue weighted by Gasteiger charge is 2.17. The summed E-state index contributed by atoms with van der Waals surface area (Å²) in [7, 11) is 1.80. The van der Waals surface area contributed by atoms with Crippen LogP contribution >= 0.6 is 0 Å². The Balaban J connectivity index is 1.95. The Bertz CT molecular complexity index is 863. The molecule has 0 aliphatic rings. The molecule has 8 heteroatoms. The minimum atomic E-state index is -2.62. The second-order valence-corrected chi connectivity index (χ2v) is 5.71. The number of alkyl halides is 2. The number of halogens is 2.